The zero-order valence-corrected chi connectivity index (χ0v) is 9.16. The van der Waals surface area contributed by atoms with Crippen LogP contribution < -0.4 is 0 Å². The number of nitro groups is 1. The smallest absolute Gasteiger partial charge is 0.269 e. The fraction of sp³-hybridized carbons (Fsp3) is 0.111. The van der Waals surface area contributed by atoms with Crippen LogP contribution in [0.3, 0.4) is 0 Å². The Kier molecular flexibility index (Phi) is 2.13. The van der Waals surface area contributed by atoms with Crippen LogP contribution in [-0.2, 0) is 0 Å². The third-order valence-corrected chi connectivity index (χ3v) is 3.52. The molecule has 1 N–H and O–H groups in total. The van der Waals surface area contributed by atoms with E-state index in [9.17, 15) is 15.2 Å². The van der Waals surface area contributed by atoms with E-state index in [1.54, 1.807) is 6.07 Å². The van der Waals surface area contributed by atoms with Crippen molar-refractivity contribution in [2.45, 2.75) is 16.3 Å². The first-order chi connectivity index (χ1) is 8.16. The van der Waals surface area contributed by atoms with Crippen LogP contribution in [0.15, 0.2) is 34.6 Å². The van der Waals surface area contributed by atoms with Crippen molar-refractivity contribution < 1.29 is 10.0 Å². The first kappa shape index (κ1) is 10.2. The zero-order valence-electron chi connectivity index (χ0n) is 8.35. The Morgan fingerprint density at radius 2 is 2.35 bits per heavy atom. The van der Waals surface area contributed by atoms with E-state index in [-0.39, 0.29) is 5.69 Å². The molecule has 8 heteroatoms. The van der Waals surface area contributed by atoms with Crippen molar-refractivity contribution in [2.24, 2.45) is 0 Å². The molecule has 0 aliphatic carbocycles. The molecular weight excluding hydrogens is 244 g/mol. The van der Waals surface area contributed by atoms with Gasteiger partial charge in [-0.05, 0) is 17.8 Å². The Morgan fingerprint density at radius 1 is 1.53 bits per heavy atom. The third kappa shape index (κ3) is 1.49. The lowest BCUT2D eigenvalue weighted by Crippen LogP contribution is -2.17. The molecule has 2 heterocycles. The topological polar surface area (TPSA) is 94.1 Å². The summed E-state index contributed by atoms with van der Waals surface area (Å²) in [4.78, 5) is 14.9. The van der Waals surface area contributed by atoms with E-state index >= 15 is 0 Å². The number of benzene rings is 1. The molecule has 7 nitrogen and oxygen atoms in total. The number of nitrogens with zero attached hydrogens (tertiary/aromatic N) is 4. The molecule has 1 aromatic carbocycles. The summed E-state index contributed by atoms with van der Waals surface area (Å²) in [6, 6.07) is 4.38. The summed E-state index contributed by atoms with van der Waals surface area (Å²) in [5.41, 5.74) is 0.425. The number of rotatable bonds is 1. The van der Waals surface area contributed by atoms with Gasteiger partial charge in [-0.25, -0.2) is 9.67 Å². The van der Waals surface area contributed by atoms with Crippen LogP contribution in [0.25, 0.3) is 0 Å². The van der Waals surface area contributed by atoms with Gasteiger partial charge in [0.05, 0.1) is 4.92 Å². The Morgan fingerprint density at radius 3 is 3.12 bits per heavy atom. The van der Waals surface area contributed by atoms with E-state index in [4.69, 9.17) is 0 Å². The molecule has 17 heavy (non-hydrogen) atoms. The van der Waals surface area contributed by atoms with Crippen LogP contribution in [-0.4, -0.2) is 24.8 Å². The summed E-state index contributed by atoms with van der Waals surface area (Å²) in [6.45, 7) is 0. The number of non-ortho nitro benzene ring substituents is 1. The van der Waals surface area contributed by atoms with E-state index in [2.05, 4.69) is 10.1 Å². The average molecular weight is 250 g/mol. The molecule has 3 rings (SSSR count). The van der Waals surface area contributed by atoms with Gasteiger partial charge in [0.15, 0.2) is 11.4 Å². The second kappa shape index (κ2) is 3.54. The van der Waals surface area contributed by atoms with E-state index in [1.807, 2.05) is 0 Å². The van der Waals surface area contributed by atoms with Crippen LogP contribution in [0.4, 0.5) is 5.69 Å². The van der Waals surface area contributed by atoms with Crippen LogP contribution in [0.5, 0.6) is 0 Å². The van der Waals surface area contributed by atoms with Crippen molar-refractivity contribution in [1.82, 2.24) is 14.8 Å². The van der Waals surface area contributed by atoms with E-state index in [0.717, 1.165) is 4.90 Å². The van der Waals surface area contributed by atoms with Crippen LogP contribution in [0.1, 0.15) is 11.8 Å². The van der Waals surface area contributed by atoms with Gasteiger partial charge in [0.1, 0.15) is 6.33 Å². The molecule has 2 aromatic rings. The van der Waals surface area contributed by atoms with Gasteiger partial charge in [0.2, 0.25) is 0 Å². The van der Waals surface area contributed by atoms with Gasteiger partial charge in [0.25, 0.3) is 5.69 Å². The predicted molar refractivity (Wildman–Crippen MR) is 57.6 cm³/mol. The zero-order chi connectivity index (χ0) is 12.0. The highest BCUT2D eigenvalue weighted by molar-refractivity contribution is 7.99. The molecule has 1 aromatic heterocycles. The number of fused-ring (bicyclic) bond motifs is 2. The molecule has 0 saturated carbocycles. The minimum Gasteiger partial charge on any atom is -0.368 e. The van der Waals surface area contributed by atoms with Gasteiger partial charge < -0.3 is 5.11 Å². The van der Waals surface area contributed by atoms with Gasteiger partial charge in [0, 0.05) is 22.6 Å². The Bertz CT molecular complexity index is 612. The molecule has 0 spiro atoms. The summed E-state index contributed by atoms with van der Waals surface area (Å²) in [5, 5.41) is 25.1. The minimum absolute atomic E-state index is 0.0491. The molecule has 0 radical (unpaired) electrons. The van der Waals surface area contributed by atoms with Crippen LogP contribution in [0.2, 0.25) is 0 Å². The number of nitro benzene ring substituents is 1. The average Bonchev–Trinajstić information content (AvgIpc) is 2.77. The lowest BCUT2D eigenvalue weighted by atomic mass is 10.1. The maximum Gasteiger partial charge on any atom is 0.269 e. The number of aliphatic hydroxyl groups excluding tert-OH is 1. The summed E-state index contributed by atoms with van der Waals surface area (Å²) in [5.74, 6) is 0. The third-order valence-electron chi connectivity index (χ3n) is 2.46. The Labute approximate surface area is 99.2 Å². The summed E-state index contributed by atoms with van der Waals surface area (Å²) < 4.78 is 1.33. The highest BCUT2D eigenvalue weighted by Gasteiger charge is 2.27. The summed E-state index contributed by atoms with van der Waals surface area (Å²) >= 11 is 1.32. The SMILES string of the molecule is O=[N+]([O-])c1ccc2c(c1)[C@H](O)n1ncnc1S2. The van der Waals surface area contributed by atoms with Gasteiger partial charge >= 0.3 is 0 Å². The second-order valence-electron chi connectivity index (χ2n) is 3.44. The molecule has 0 unspecified atom stereocenters. The van der Waals surface area contributed by atoms with Gasteiger partial charge in [-0.3, -0.25) is 10.1 Å². The molecule has 0 saturated heterocycles. The first-order valence-corrected chi connectivity index (χ1v) is 5.52. The molecule has 86 valence electrons. The maximum atomic E-state index is 10.7. The standard InChI is InChI=1S/C9H6N4O3S/c14-8-6-3-5(13(15)16)1-2-7(6)17-9-10-4-11-12(8)9/h1-4,8,14H/t8-/m0/s1. The molecule has 0 bridgehead atoms. The van der Waals surface area contributed by atoms with Gasteiger partial charge in [-0.1, -0.05) is 0 Å². The lowest BCUT2D eigenvalue weighted by molar-refractivity contribution is -0.385. The van der Waals surface area contributed by atoms with E-state index in [1.165, 1.54) is 34.9 Å². The fourth-order valence-corrected chi connectivity index (χ4v) is 2.61. The van der Waals surface area contributed by atoms with Crippen molar-refractivity contribution in [3.8, 4) is 0 Å². The highest BCUT2D eigenvalue weighted by atomic mass is 32.2. The Balaban J connectivity index is 2.14. The van der Waals surface area contributed by atoms with Crippen molar-refractivity contribution in [1.29, 1.82) is 0 Å². The highest BCUT2D eigenvalue weighted by Crippen LogP contribution is 2.40. The van der Waals surface area contributed by atoms with E-state index < -0.39 is 11.2 Å². The molecule has 1 aliphatic heterocycles. The number of aliphatic hydroxyl groups is 1. The minimum atomic E-state index is -1.02. The molecule has 1 atom stereocenters. The summed E-state index contributed by atoms with van der Waals surface area (Å²) in [7, 11) is 0. The van der Waals surface area contributed by atoms with Crippen LogP contribution >= 0.6 is 11.8 Å². The predicted octanol–water partition coefficient (Wildman–Crippen LogP) is 1.19. The van der Waals surface area contributed by atoms with Crippen molar-refractivity contribution >= 4 is 17.4 Å². The molecule has 1 aliphatic rings. The van der Waals surface area contributed by atoms with Gasteiger partial charge in [-0.15, -0.1) is 0 Å². The number of aromatic nitrogens is 3. The lowest BCUT2D eigenvalue weighted by Gasteiger charge is -2.21. The van der Waals surface area contributed by atoms with E-state index in [0.29, 0.717) is 10.7 Å². The fourth-order valence-electron chi connectivity index (χ4n) is 1.65. The Hall–Kier alpha value is -1.93. The second-order valence-corrected chi connectivity index (χ2v) is 4.45. The number of hydrogen-bond acceptors (Lipinski definition) is 6. The largest absolute Gasteiger partial charge is 0.368 e. The van der Waals surface area contributed by atoms with Crippen LogP contribution in [0, 0.1) is 10.1 Å². The molecule has 0 fully saturated rings. The van der Waals surface area contributed by atoms with Crippen molar-refractivity contribution in [2.75, 3.05) is 0 Å². The molecule has 0 amide bonds. The summed E-state index contributed by atoms with van der Waals surface area (Å²) in [6.07, 6.45) is 0.315. The number of hydrogen-bond donors (Lipinski definition) is 1. The monoisotopic (exact) mass is 250 g/mol. The van der Waals surface area contributed by atoms with Crippen molar-refractivity contribution in [3.63, 3.8) is 0 Å². The molecular formula is C9H6N4O3S. The van der Waals surface area contributed by atoms with Crippen molar-refractivity contribution in [3.05, 3.63) is 40.2 Å². The van der Waals surface area contributed by atoms with Gasteiger partial charge in [-0.2, -0.15) is 5.10 Å². The first-order valence-electron chi connectivity index (χ1n) is 4.70. The maximum absolute atomic E-state index is 10.7. The normalized spacial score (nSPS) is 17.4. The quantitative estimate of drug-likeness (QED) is 0.603.